The molecule has 1 aromatic carbocycles. The SMILES string of the molecule is CCc1cc2[nH]c(=O)n(N(C(=O)O)S(C)(=O)=O)c(=O)c2cc1-c1ccnn1C. The maximum Gasteiger partial charge on any atom is 0.441 e. The van der Waals surface area contributed by atoms with Crippen LogP contribution in [0.2, 0.25) is 0 Å². The average Bonchev–Trinajstić information content (AvgIpc) is 3.01. The van der Waals surface area contributed by atoms with E-state index < -0.39 is 27.4 Å². The number of sulfonamides is 1. The highest BCUT2D eigenvalue weighted by Gasteiger charge is 2.29. The van der Waals surface area contributed by atoms with Gasteiger partial charge in [0.2, 0.25) is 0 Å². The van der Waals surface area contributed by atoms with Gasteiger partial charge in [-0.25, -0.2) is 18.0 Å². The molecule has 0 bridgehead atoms. The number of nitrogens with one attached hydrogen (secondary N) is 1. The van der Waals surface area contributed by atoms with Crippen LogP contribution in [0.15, 0.2) is 34.0 Å². The van der Waals surface area contributed by atoms with Gasteiger partial charge in [-0.3, -0.25) is 9.48 Å². The third kappa shape index (κ3) is 3.07. The molecule has 2 N–H and O–H groups in total. The van der Waals surface area contributed by atoms with E-state index in [4.69, 9.17) is 0 Å². The van der Waals surface area contributed by atoms with Gasteiger partial charge in [0.25, 0.3) is 15.6 Å². The molecular formula is C16H17N5O6S. The molecule has 0 radical (unpaired) electrons. The standard InChI is InChI=1S/C16H17N5O6S/c1-4-9-7-12-11(8-10(9)13-5-6-17-19(13)2)14(22)20(15(23)18-12)21(16(24)25)28(3,26)27/h5-8H,4H2,1-3H3,(H,18,23)(H,24,25). The summed E-state index contributed by atoms with van der Waals surface area (Å²) in [6, 6.07) is 4.84. The Balaban J connectivity index is 2.43. The van der Waals surface area contributed by atoms with Crippen LogP contribution in [0.3, 0.4) is 0 Å². The van der Waals surface area contributed by atoms with Crippen LogP contribution in [0.5, 0.6) is 0 Å². The number of fused-ring (bicyclic) bond motifs is 1. The molecule has 2 heterocycles. The predicted molar refractivity (Wildman–Crippen MR) is 101 cm³/mol. The van der Waals surface area contributed by atoms with Crippen molar-refractivity contribution in [3.63, 3.8) is 0 Å². The second-order valence-corrected chi connectivity index (χ2v) is 7.90. The molecule has 11 nitrogen and oxygen atoms in total. The largest absolute Gasteiger partial charge is 0.463 e. The van der Waals surface area contributed by atoms with Gasteiger partial charge in [0.05, 0.1) is 22.9 Å². The van der Waals surface area contributed by atoms with E-state index in [1.54, 1.807) is 30.1 Å². The monoisotopic (exact) mass is 407 g/mol. The molecule has 3 aromatic rings. The third-order valence-electron chi connectivity index (χ3n) is 4.24. The Labute approximate surface area is 158 Å². The minimum absolute atomic E-state index is 0.0390. The van der Waals surface area contributed by atoms with Crippen molar-refractivity contribution in [2.45, 2.75) is 13.3 Å². The van der Waals surface area contributed by atoms with Crippen LogP contribution < -0.4 is 15.7 Å². The number of H-pyrrole nitrogens is 1. The van der Waals surface area contributed by atoms with Crippen LogP contribution >= 0.6 is 0 Å². The molecule has 0 atom stereocenters. The smallest absolute Gasteiger partial charge is 0.441 e. The predicted octanol–water partition coefficient (Wildman–Crippen LogP) is 0.228. The number of hydrogen-bond donors (Lipinski definition) is 2. The number of aromatic amines is 1. The van der Waals surface area contributed by atoms with Gasteiger partial charge in [-0.05, 0) is 30.2 Å². The number of aromatic nitrogens is 4. The fourth-order valence-corrected chi connectivity index (χ4v) is 3.74. The number of carbonyl (C=O) groups is 1. The normalized spacial score (nSPS) is 11.7. The first-order valence-corrected chi connectivity index (χ1v) is 9.95. The van der Waals surface area contributed by atoms with Crippen LogP contribution in [0, 0.1) is 0 Å². The van der Waals surface area contributed by atoms with Crippen molar-refractivity contribution in [3.8, 4) is 11.3 Å². The summed E-state index contributed by atoms with van der Waals surface area (Å²) in [5.74, 6) is 0. The average molecular weight is 407 g/mol. The molecule has 0 saturated carbocycles. The number of aryl methyl sites for hydroxylation is 2. The first-order valence-electron chi connectivity index (χ1n) is 8.10. The Morgan fingerprint density at radius 3 is 2.50 bits per heavy atom. The fourth-order valence-electron chi connectivity index (χ4n) is 3.01. The first-order chi connectivity index (χ1) is 13.1. The number of nitrogens with zero attached hydrogens (tertiary/aromatic N) is 4. The number of benzene rings is 1. The van der Waals surface area contributed by atoms with Crippen molar-refractivity contribution < 1.29 is 18.3 Å². The molecule has 0 unspecified atom stereocenters. The Bertz CT molecular complexity index is 1320. The molecule has 12 heteroatoms. The summed E-state index contributed by atoms with van der Waals surface area (Å²) in [7, 11) is -2.72. The van der Waals surface area contributed by atoms with Gasteiger partial charge in [0.15, 0.2) is 0 Å². The molecule has 0 spiro atoms. The van der Waals surface area contributed by atoms with E-state index >= 15 is 0 Å². The van der Waals surface area contributed by atoms with E-state index in [1.165, 1.54) is 6.07 Å². The van der Waals surface area contributed by atoms with Gasteiger partial charge >= 0.3 is 11.8 Å². The van der Waals surface area contributed by atoms with E-state index in [1.807, 2.05) is 6.92 Å². The van der Waals surface area contributed by atoms with Gasteiger partial charge in [0.1, 0.15) is 0 Å². The van der Waals surface area contributed by atoms with Gasteiger partial charge < -0.3 is 10.1 Å². The number of amides is 1. The summed E-state index contributed by atoms with van der Waals surface area (Å²) in [6.45, 7) is 1.90. The number of hydrogen-bond acceptors (Lipinski definition) is 6. The second-order valence-electron chi connectivity index (χ2n) is 6.08. The molecule has 0 aliphatic carbocycles. The fraction of sp³-hybridized carbons (Fsp3) is 0.250. The molecule has 28 heavy (non-hydrogen) atoms. The summed E-state index contributed by atoms with van der Waals surface area (Å²) in [5, 5.41) is 13.3. The van der Waals surface area contributed by atoms with Crippen LogP contribution in [-0.2, 0) is 23.5 Å². The topological polar surface area (TPSA) is 147 Å². The zero-order valence-corrected chi connectivity index (χ0v) is 16.0. The third-order valence-corrected chi connectivity index (χ3v) is 5.19. The molecule has 3 rings (SSSR count). The van der Waals surface area contributed by atoms with E-state index in [0.29, 0.717) is 23.9 Å². The van der Waals surface area contributed by atoms with E-state index in [9.17, 15) is 27.9 Å². The maximum absolute atomic E-state index is 12.9. The summed E-state index contributed by atoms with van der Waals surface area (Å²) in [6.07, 6.45) is 0.774. The molecule has 2 aromatic heterocycles. The van der Waals surface area contributed by atoms with E-state index in [2.05, 4.69) is 10.1 Å². The molecule has 0 aliphatic rings. The summed E-state index contributed by atoms with van der Waals surface area (Å²) in [4.78, 5) is 39.0. The van der Waals surface area contributed by atoms with Crippen LogP contribution in [0.4, 0.5) is 4.79 Å². The molecule has 148 valence electrons. The van der Waals surface area contributed by atoms with Crippen molar-refractivity contribution in [3.05, 3.63) is 50.8 Å². The van der Waals surface area contributed by atoms with Gasteiger partial charge in [-0.15, -0.1) is 4.68 Å². The summed E-state index contributed by atoms with van der Waals surface area (Å²) < 4.78 is 25.0. The van der Waals surface area contributed by atoms with E-state index in [-0.39, 0.29) is 20.0 Å². The summed E-state index contributed by atoms with van der Waals surface area (Å²) >= 11 is 0. The van der Waals surface area contributed by atoms with Crippen molar-refractivity contribution in [1.29, 1.82) is 0 Å². The molecule has 0 aliphatic heterocycles. The van der Waals surface area contributed by atoms with Crippen LogP contribution in [-0.4, -0.2) is 45.3 Å². The first kappa shape index (κ1) is 19.4. The highest BCUT2D eigenvalue weighted by molar-refractivity contribution is 7.92. The summed E-state index contributed by atoms with van der Waals surface area (Å²) in [5.41, 5.74) is 0.106. The molecule has 0 saturated heterocycles. The lowest BCUT2D eigenvalue weighted by atomic mass is 10.00. The number of rotatable bonds is 4. The van der Waals surface area contributed by atoms with Crippen LogP contribution in [0.1, 0.15) is 12.5 Å². The van der Waals surface area contributed by atoms with Gasteiger partial charge in [-0.1, -0.05) is 11.3 Å². The minimum Gasteiger partial charge on any atom is -0.463 e. The molecule has 1 amide bonds. The Hall–Kier alpha value is -3.41. The van der Waals surface area contributed by atoms with Crippen molar-refractivity contribution >= 4 is 27.0 Å². The second kappa shape index (κ2) is 6.64. The quantitative estimate of drug-likeness (QED) is 0.629. The Kier molecular flexibility index (Phi) is 4.59. The maximum atomic E-state index is 12.9. The van der Waals surface area contributed by atoms with Gasteiger partial charge in [0, 0.05) is 18.8 Å². The lowest BCUT2D eigenvalue weighted by molar-refractivity contribution is 0.200. The lowest BCUT2D eigenvalue weighted by Gasteiger charge is -2.18. The van der Waals surface area contributed by atoms with E-state index in [0.717, 1.165) is 5.56 Å². The van der Waals surface area contributed by atoms with Crippen molar-refractivity contribution in [2.75, 3.05) is 10.7 Å². The Morgan fingerprint density at radius 1 is 1.32 bits per heavy atom. The van der Waals surface area contributed by atoms with Gasteiger partial charge in [-0.2, -0.15) is 5.10 Å². The Morgan fingerprint density at radius 2 is 2.00 bits per heavy atom. The molecule has 0 fully saturated rings. The number of carboxylic acid groups (broad SMARTS) is 1. The highest BCUT2D eigenvalue weighted by Crippen LogP contribution is 2.26. The zero-order chi connectivity index (χ0) is 20.8. The lowest BCUT2D eigenvalue weighted by Crippen LogP contribution is -2.55. The highest BCUT2D eigenvalue weighted by atomic mass is 32.2. The minimum atomic E-state index is -4.44. The van der Waals surface area contributed by atoms with Crippen LogP contribution in [0.25, 0.3) is 22.2 Å². The molecular weight excluding hydrogens is 390 g/mol. The van der Waals surface area contributed by atoms with Crippen molar-refractivity contribution in [2.24, 2.45) is 7.05 Å². The zero-order valence-electron chi connectivity index (χ0n) is 15.2. The van der Waals surface area contributed by atoms with Crippen molar-refractivity contribution in [1.82, 2.24) is 19.4 Å².